The maximum atomic E-state index is 11.5. The van der Waals surface area contributed by atoms with Crippen LogP contribution in [-0.2, 0) is 0 Å². The Balaban J connectivity index is 2.01. The monoisotopic (exact) mass is 230 g/mol. The minimum absolute atomic E-state index is 0.00312. The van der Waals surface area contributed by atoms with Crippen molar-refractivity contribution in [3.8, 4) is 5.75 Å². The van der Waals surface area contributed by atoms with Gasteiger partial charge < -0.3 is 10.4 Å². The predicted octanol–water partition coefficient (Wildman–Crippen LogP) is 1.83. The first-order valence-corrected chi connectivity index (χ1v) is 4.89. The molecule has 0 saturated heterocycles. The molecule has 0 radical (unpaired) electrons. The fourth-order valence-corrected chi connectivity index (χ4v) is 1.20. The summed E-state index contributed by atoms with van der Waals surface area (Å²) in [5, 5.41) is 14.4. The summed E-state index contributed by atoms with van der Waals surface area (Å²) in [6.45, 7) is 0. The third kappa shape index (κ3) is 2.91. The molecule has 17 heavy (non-hydrogen) atoms. The Labute approximate surface area is 97.3 Å². The van der Waals surface area contributed by atoms with Crippen LogP contribution in [0.15, 0.2) is 42.7 Å². The second-order valence-corrected chi connectivity index (χ2v) is 3.17. The van der Waals surface area contributed by atoms with E-state index in [-0.39, 0.29) is 11.7 Å². The number of hydrogen-bond acceptors (Lipinski definition) is 4. The van der Waals surface area contributed by atoms with Gasteiger partial charge in [-0.25, -0.2) is 14.8 Å². The summed E-state index contributed by atoms with van der Waals surface area (Å²) in [6.07, 6.45) is 3.03. The van der Waals surface area contributed by atoms with Crippen LogP contribution in [0, 0.1) is 0 Å². The highest BCUT2D eigenvalue weighted by Crippen LogP contribution is 2.21. The van der Waals surface area contributed by atoms with Crippen LogP contribution in [0.4, 0.5) is 16.4 Å². The van der Waals surface area contributed by atoms with Crippen molar-refractivity contribution in [2.75, 3.05) is 10.6 Å². The van der Waals surface area contributed by atoms with Crippen LogP contribution in [0.1, 0.15) is 0 Å². The van der Waals surface area contributed by atoms with Gasteiger partial charge in [0.25, 0.3) is 0 Å². The van der Waals surface area contributed by atoms with Crippen molar-refractivity contribution in [3.05, 3.63) is 42.7 Å². The van der Waals surface area contributed by atoms with E-state index in [1.54, 1.807) is 24.3 Å². The molecule has 0 atom stereocenters. The van der Waals surface area contributed by atoms with Crippen LogP contribution in [-0.4, -0.2) is 21.1 Å². The van der Waals surface area contributed by atoms with E-state index in [0.717, 1.165) is 0 Å². The molecule has 0 aliphatic heterocycles. The molecular weight excluding hydrogens is 220 g/mol. The van der Waals surface area contributed by atoms with Crippen molar-refractivity contribution < 1.29 is 9.90 Å². The molecule has 2 aromatic rings. The number of phenols is 1. The molecule has 6 nitrogen and oxygen atoms in total. The summed E-state index contributed by atoms with van der Waals surface area (Å²) in [5.41, 5.74) is 0.320. The fourth-order valence-electron chi connectivity index (χ4n) is 1.20. The number of hydrogen-bond donors (Lipinski definition) is 3. The van der Waals surface area contributed by atoms with Crippen molar-refractivity contribution in [3.63, 3.8) is 0 Å². The number of rotatable bonds is 2. The summed E-state index contributed by atoms with van der Waals surface area (Å²) in [5.74, 6) is 0.192. The molecule has 0 fully saturated rings. The Morgan fingerprint density at radius 1 is 1.06 bits per heavy atom. The van der Waals surface area contributed by atoms with Gasteiger partial charge in [-0.05, 0) is 18.2 Å². The van der Waals surface area contributed by atoms with Gasteiger partial charge in [0.05, 0.1) is 5.69 Å². The van der Waals surface area contributed by atoms with Crippen molar-refractivity contribution in [1.29, 1.82) is 0 Å². The molecular formula is C11H10N4O2. The first-order valence-electron chi connectivity index (χ1n) is 4.89. The lowest BCUT2D eigenvalue weighted by atomic mass is 10.3. The number of nitrogens with zero attached hydrogens (tertiary/aromatic N) is 2. The van der Waals surface area contributed by atoms with Gasteiger partial charge in [-0.15, -0.1) is 0 Å². The van der Waals surface area contributed by atoms with Crippen molar-refractivity contribution in [2.45, 2.75) is 0 Å². The Hall–Kier alpha value is -2.63. The SMILES string of the molecule is O=C(Nc1ncccn1)Nc1ccccc1O. The molecule has 0 saturated carbocycles. The molecule has 1 heterocycles. The molecule has 2 amide bonds. The molecule has 0 spiro atoms. The van der Waals surface area contributed by atoms with Gasteiger partial charge in [-0.1, -0.05) is 12.1 Å². The molecule has 0 unspecified atom stereocenters. The van der Waals surface area contributed by atoms with E-state index in [9.17, 15) is 9.90 Å². The highest BCUT2D eigenvalue weighted by atomic mass is 16.3. The van der Waals surface area contributed by atoms with Gasteiger partial charge in [-0.2, -0.15) is 0 Å². The normalized spacial score (nSPS) is 9.65. The quantitative estimate of drug-likeness (QED) is 0.687. The van der Waals surface area contributed by atoms with Crippen LogP contribution in [0.2, 0.25) is 0 Å². The lowest BCUT2D eigenvalue weighted by Crippen LogP contribution is -2.20. The van der Waals surface area contributed by atoms with E-state index in [1.807, 2.05) is 0 Å². The number of aromatic hydroxyl groups is 1. The number of amides is 2. The molecule has 0 aliphatic rings. The zero-order valence-corrected chi connectivity index (χ0v) is 8.79. The van der Waals surface area contributed by atoms with Crippen molar-refractivity contribution in [2.24, 2.45) is 0 Å². The summed E-state index contributed by atoms with van der Waals surface area (Å²) >= 11 is 0. The first-order chi connectivity index (χ1) is 8.25. The number of para-hydroxylation sites is 2. The van der Waals surface area contributed by atoms with E-state index in [1.165, 1.54) is 18.5 Å². The number of phenolic OH excluding ortho intramolecular Hbond substituents is 1. The number of aromatic nitrogens is 2. The number of benzene rings is 1. The second kappa shape index (κ2) is 4.93. The second-order valence-electron chi connectivity index (χ2n) is 3.17. The molecule has 86 valence electrons. The maximum Gasteiger partial charge on any atom is 0.326 e. The minimum atomic E-state index is -0.516. The van der Waals surface area contributed by atoms with E-state index in [0.29, 0.717) is 5.69 Å². The van der Waals surface area contributed by atoms with Crippen LogP contribution < -0.4 is 10.6 Å². The average Bonchev–Trinajstić information content (AvgIpc) is 2.33. The molecule has 3 N–H and O–H groups in total. The lowest BCUT2D eigenvalue weighted by Gasteiger charge is -2.07. The van der Waals surface area contributed by atoms with Crippen molar-refractivity contribution in [1.82, 2.24) is 9.97 Å². The van der Waals surface area contributed by atoms with E-state index in [2.05, 4.69) is 20.6 Å². The van der Waals surface area contributed by atoms with Gasteiger partial charge in [0.2, 0.25) is 5.95 Å². The zero-order valence-electron chi connectivity index (χ0n) is 8.79. The average molecular weight is 230 g/mol. The van der Waals surface area contributed by atoms with E-state index >= 15 is 0 Å². The van der Waals surface area contributed by atoms with Crippen LogP contribution >= 0.6 is 0 Å². The first kappa shape index (κ1) is 10.9. The van der Waals surface area contributed by atoms with Gasteiger partial charge in [0.15, 0.2) is 0 Å². The maximum absolute atomic E-state index is 11.5. The van der Waals surface area contributed by atoms with Crippen LogP contribution in [0.3, 0.4) is 0 Å². The number of nitrogens with one attached hydrogen (secondary N) is 2. The number of anilines is 2. The van der Waals surface area contributed by atoms with Gasteiger partial charge >= 0.3 is 6.03 Å². The van der Waals surface area contributed by atoms with Gasteiger partial charge in [0.1, 0.15) is 5.75 Å². The highest BCUT2D eigenvalue weighted by Gasteiger charge is 2.06. The molecule has 1 aromatic heterocycles. The van der Waals surface area contributed by atoms with Gasteiger partial charge in [-0.3, -0.25) is 5.32 Å². The molecule has 6 heteroatoms. The zero-order chi connectivity index (χ0) is 12.1. The van der Waals surface area contributed by atoms with Crippen molar-refractivity contribution >= 4 is 17.7 Å². The summed E-state index contributed by atoms with van der Waals surface area (Å²) in [4.78, 5) is 19.2. The fraction of sp³-hybridized carbons (Fsp3) is 0. The molecule has 0 bridgehead atoms. The van der Waals surface area contributed by atoms with E-state index < -0.39 is 6.03 Å². The molecule has 0 aliphatic carbocycles. The summed E-state index contributed by atoms with van der Waals surface area (Å²) < 4.78 is 0. The Morgan fingerprint density at radius 3 is 2.47 bits per heavy atom. The van der Waals surface area contributed by atoms with Gasteiger partial charge in [0, 0.05) is 12.4 Å². The number of urea groups is 1. The lowest BCUT2D eigenvalue weighted by molar-refractivity contribution is 0.262. The third-order valence-corrected chi connectivity index (χ3v) is 1.94. The van der Waals surface area contributed by atoms with Crippen LogP contribution in [0.25, 0.3) is 0 Å². The largest absolute Gasteiger partial charge is 0.506 e. The number of carbonyl (C=O) groups excluding carboxylic acids is 1. The van der Waals surface area contributed by atoms with E-state index in [4.69, 9.17) is 0 Å². The summed E-state index contributed by atoms with van der Waals surface area (Å²) in [7, 11) is 0. The Morgan fingerprint density at radius 2 is 1.76 bits per heavy atom. The Kier molecular flexibility index (Phi) is 3.15. The standard InChI is InChI=1S/C11H10N4O2/c16-9-5-2-1-4-8(9)14-11(17)15-10-12-6-3-7-13-10/h1-7,16H,(H2,12,13,14,15,17). The topological polar surface area (TPSA) is 87.1 Å². The molecule has 1 aromatic carbocycles. The highest BCUT2D eigenvalue weighted by molar-refractivity contribution is 5.99. The molecule has 2 rings (SSSR count). The summed E-state index contributed by atoms with van der Waals surface area (Å²) in [6, 6.07) is 7.56. The number of carbonyl (C=O) groups is 1. The smallest absolute Gasteiger partial charge is 0.326 e. The third-order valence-electron chi connectivity index (χ3n) is 1.94. The van der Waals surface area contributed by atoms with Crippen LogP contribution in [0.5, 0.6) is 5.75 Å². The Bertz CT molecular complexity index is 516. The minimum Gasteiger partial charge on any atom is -0.506 e. The predicted molar refractivity (Wildman–Crippen MR) is 62.8 cm³/mol.